The van der Waals surface area contributed by atoms with E-state index in [1.54, 1.807) is 19.2 Å². The Morgan fingerprint density at radius 1 is 1.50 bits per heavy atom. The monoisotopic (exact) mass is 163 g/mol. The summed E-state index contributed by atoms with van der Waals surface area (Å²) in [4.78, 5) is 2.71. The maximum Gasteiger partial charge on any atom is 0.119 e. The smallest absolute Gasteiger partial charge is 0.119 e. The van der Waals surface area contributed by atoms with Crippen molar-refractivity contribution in [2.24, 2.45) is 5.11 Å². The summed E-state index contributed by atoms with van der Waals surface area (Å²) in [6.07, 6.45) is 0. The van der Waals surface area contributed by atoms with Crippen LogP contribution in [0.4, 0.5) is 5.69 Å². The van der Waals surface area contributed by atoms with Crippen molar-refractivity contribution in [3.8, 4) is 5.75 Å². The maximum absolute atomic E-state index is 8.20. The van der Waals surface area contributed by atoms with Gasteiger partial charge in [-0.1, -0.05) is 5.11 Å². The molecule has 0 heterocycles. The fourth-order valence-electron chi connectivity index (χ4n) is 0.915. The van der Waals surface area contributed by atoms with Crippen molar-refractivity contribution in [3.05, 3.63) is 34.2 Å². The van der Waals surface area contributed by atoms with Crippen molar-refractivity contribution in [2.45, 2.75) is 6.92 Å². The van der Waals surface area contributed by atoms with Gasteiger partial charge in [-0.2, -0.15) is 0 Å². The number of benzene rings is 1. The van der Waals surface area contributed by atoms with Crippen molar-refractivity contribution in [2.75, 3.05) is 7.11 Å². The Morgan fingerprint density at radius 2 is 2.25 bits per heavy atom. The van der Waals surface area contributed by atoms with E-state index < -0.39 is 0 Å². The molecule has 0 saturated heterocycles. The molecule has 4 nitrogen and oxygen atoms in total. The van der Waals surface area contributed by atoms with E-state index in [0.29, 0.717) is 5.69 Å². The highest BCUT2D eigenvalue weighted by Crippen LogP contribution is 2.23. The van der Waals surface area contributed by atoms with Crippen LogP contribution < -0.4 is 4.74 Å². The Hall–Kier alpha value is -1.67. The van der Waals surface area contributed by atoms with Gasteiger partial charge in [-0.05, 0) is 36.2 Å². The van der Waals surface area contributed by atoms with Gasteiger partial charge < -0.3 is 4.74 Å². The molecule has 0 amide bonds. The second kappa shape index (κ2) is 3.64. The molecule has 62 valence electrons. The summed E-state index contributed by atoms with van der Waals surface area (Å²) in [6.45, 7) is 1.87. The normalized spacial score (nSPS) is 8.83. The fourth-order valence-corrected chi connectivity index (χ4v) is 0.915. The third-order valence-corrected chi connectivity index (χ3v) is 1.56. The van der Waals surface area contributed by atoms with Crippen molar-refractivity contribution >= 4 is 5.69 Å². The van der Waals surface area contributed by atoms with Crippen LogP contribution in [0, 0.1) is 6.92 Å². The zero-order chi connectivity index (χ0) is 8.97. The highest BCUT2D eigenvalue weighted by molar-refractivity contribution is 5.48. The van der Waals surface area contributed by atoms with Crippen LogP contribution in [0.5, 0.6) is 5.75 Å². The molecule has 1 aromatic rings. The lowest BCUT2D eigenvalue weighted by Gasteiger charge is -2.02. The summed E-state index contributed by atoms with van der Waals surface area (Å²) >= 11 is 0. The highest BCUT2D eigenvalue weighted by Gasteiger charge is 1.96. The third kappa shape index (κ3) is 1.68. The Morgan fingerprint density at radius 3 is 2.75 bits per heavy atom. The second-order valence-corrected chi connectivity index (χ2v) is 2.34. The topological polar surface area (TPSA) is 58.0 Å². The molecule has 0 aliphatic carbocycles. The number of nitrogens with zero attached hydrogens (tertiary/aromatic N) is 3. The SMILES string of the molecule is COc1ccc(N=[N+]=[N-])c(C)c1. The molecule has 0 unspecified atom stereocenters. The molecule has 1 rings (SSSR count). The van der Waals surface area contributed by atoms with Crippen molar-refractivity contribution in [1.29, 1.82) is 0 Å². The molecule has 0 saturated carbocycles. The largest absolute Gasteiger partial charge is 0.497 e. The third-order valence-electron chi connectivity index (χ3n) is 1.56. The zero-order valence-corrected chi connectivity index (χ0v) is 6.98. The lowest BCUT2D eigenvalue weighted by molar-refractivity contribution is 0.414. The molecule has 0 aliphatic heterocycles. The predicted molar refractivity (Wildman–Crippen MR) is 46.5 cm³/mol. The van der Waals surface area contributed by atoms with Crippen molar-refractivity contribution in [1.82, 2.24) is 0 Å². The second-order valence-electron chi connectivity index (χ2n) is 2.34. The predicted octanol–water partition coefficient (Wildman–Crippen LogP) is 2.95. The molecule has 0 radical (unpaired) electrons. The number of aryl methyl sites for hydroxylation is 1. The molecule has 0 bridgehead atoms. The van der Waals surface area contributed by atoms with E-state index in [1.807, 2.05) is 13.0 Å². The van der Waals surface area contributed by atoms with Gasteiger partial charge in [0.15, 0.2) is 0 Å². The molecule has 0 spiro atoms. The molecule has 0 aromatic heterocycles. The quantitative estimate of drug-likeness (QED) is 0.375. The molecule has 4 heteroatoms. The number of rotatable bonds is 2. The first kappa shape index (κ1) is 8.43. The van der Waals surface area contributed by atoms with Crippen LogP contribution in [0.2, 0.25) is 0 Å². The summed E-state index contributed by atoms with van der Waals surface area (Å²) in [5.74, 6) is 0.768. The minimum Gasteiger partial charge on any atom is -0.497 e. The summed E-state index contributed by atoms with van der Waals surface area (Å²) < 4.78 is 4.99. The number of methoxy groups -OCH3 is 1. The number of hydrogen-bond acceptors (Lipinski definition) is 2. The minimum atomic E-state index is 0.637. The van der Waals surface area contributed by atoms with Crippen LogP contribution in [-0.4, -0.2) is 7.11 Å². The Bertz CT molecular complexity index is 329. The van der Waals surface area contributed by atoms with Crippen LogP contribution in [0.15, 0.2) is 23.3 Å². The molecule has 12 heavy (non-hydrogen) atoms. The Labute approximate surface area is 70.4 Å². The highest BCUT2D eigenvalue weighted by atomic mass is 16.5. The van der Waals surface area contributed by atoms with Gasteiger partial charge in [0.2, 0.25) is 0 Å². The molecule has 0 N–H and O–H groups in total. The van der Waals surface area contributed by atoms with Crippen molar-refractivity contribution < 1.29 is 4.74 Å². The lowest BCUT2D eigenvalue weighted by atomic mass is 10.2. The molecule has 0 aliphatic rings. The molecular formula is C8H9N3O. The van der Waals surface area contributed by atoms with E-state index in [-0.39, 0.29) is 0 Å². The van der Waals surface area contributed by atoms with Gasteiger partial charge in [-0.25, -0.2) is 0 Å². The van der Waals surface area contributed by atoms with E-state index in [4.69, 9.17) is 10.3 Å². The van der Waals surface area contributed by atoms with Crippen LogP contribution in [0.1, 0.15) is 5.56 Å². The van der Waals surface area contributed by atoms with E-state index >= 15 is 0 Å². The van der Waals surface area contributed by atoms with Crippen LogP contribution in [-0.2, 0) is 0 Å². The van der Waals surface area contributed by atoms with Crippen LogP contribution >= 0.6 is 0 Å². The first-order valence-corrected chi connectivity index (χ1v) is 3.47. The molecular weight excluding hydrogens is 154 g/mol. The van der Waals surface area contributed by atoms with Gasteiger partial charge in [0.25, 0.3) is 0 Å². The molecule has 0 fully saturated rings. The zero-order valence-electron chi connectivity index (χ0n) is 6.98. The first-order chi connectivity index (χ1) is 5.77. The number of azide groups is 1. The average Bonchev–Trinajstić information content (AvgIpc) is 2.09. The summed E-state index contributed by atoms with van der Waals surface area (Å²) in [7, 11) is 1.60. The summed E-state index contributed by atoms with van der Waals surface area (Å²) in [5.41, 5.74) is 9.74. The summed E-state index contributed by atoms with van der Waals surface area (Å²) in [5, 5.41) is 3.51. The van der Waals surface area contributed by atoms with Gasteiger partial charge >= 0.3 is 0 Å². The van der Waals surface area contributed by atoms with Crippen LogP contribution in [0.25, 0.3) is 10.4 Å². The Kier molecular flexibility index (Phi) is 2.56. The van der Waals surface area contributed by atoms with E-state index in [0.717, 1.165) is 11.3 Å². The first-order valence-electron chi connectivity index (χ1n) is 3.47. The van der Waals surface area contributed by atoms with E-state index in [2.05, 4.69) is 10.0 Å². The van der Waals surface area contributed by atoms with Crippen LogP contribution in [0.3, 0.4) is 0 Å². The van der Waals surface area contributed by atoms with Crippen molar-refractivity contribution in [3.63, 3.8) is 0 Å². The fraction of sp³-hybridized carbons (Fsp3) is 0.250. The molecule has 0 atom stereocenters. The number of hydrogen-bond donors (Lipinski definition) is 0. The minimum absolute atomic E-state index is 0.637. The van der Waals surface area contributed by atoms with Gasteiger partial charge in [-0.15, -0.1) is 0 Å². The average molecular weight is 163 g/mol. The van der Waals surface area contributed by atoms with Gasteiger partial charge in [-0.3, -0.25) is 0 Å². The lowest BCUT2D eigenvalue weighted by Crippen LogP contribution is -1.82. The molecule has 1 aromatic carbocycles. The standard InChI is InChI=1S/C8H9N3O/c1-6-5-7(12-2)3-4-8(6)10-11-9/h3-5H,1-2H3. The number of ether oxygens (including phenoxy) is 1. The van der Waals surface area contributed by atoms with Gasteiger partial charge in [0, 0.05) is 10.6 Å². The maximum atomic E-state index is 8.20. The van der Waals surface area contributed by atoms with E-state index in [1.165, 1.54) is 0 Å². The van der Waals surface area contributed by atoms with E-state index in [9.17, 15) is 0 Å². The Balaban J connectivity index is 3.11. The summed E-state index contributed by atoms with van der Waals surface area (Å²) in [6, 6.07) is 5.31. The van der Waals surface area contributed by atoms with Gasteiger partial charge in [0.05, 0.1) is 7.11 Å². The van der Waals surface area contributed by atoms with Gasteiger partial charge in [0.1, 0.15) is 5.75 Å².